The van der Waals surface area contributed by atoms with Gasteiger partial charge < -0.3 is 4.74 Å². The number of aromatic nitrogens is 2. The first-order chi connectivity index (χ1) is 14.2. The van der Waals surface area contributed by atoms with E-state index < -0.39 is 5.97 Å². The van der Waals surface area contributed by atoms with Crippen molar-refractivity contribution < 1.29 is 9.53 Å². The minimum atomic E-state index is -0.391. The number of para-hydroxylation sites is 1. The van der Waals surface area contributed by atoms with Gasteiger partial charge in [-0.2, -0.15) is 5.10 Å². The normalized spacial score (nSPS) is 11.1. The van der Waals surface area contributed by atoms with Gasteiger partial charge in [0.2, 0.25) is 0 Å². The van der Waals surface area contributed by atoms with Crippen LogP contribution in [0.5, 0.6) is 0 Å². The van der Waals surface area contributed by atoms with Crippen LogP contribution in [0.25, 0.3) is 22.3 Å². The highest BCUT2D eigenvalue weighted by Crippen LogP contribution is 2.28. The third kappa shape index (κ3) is 4.91. The molecule has 0 saturated heterocycles. The molecule has 2 heterocycles. The van der Waals surface area contributed by atoms with E-state index in [1.54, 1.807) is 17.4 Å². The monoisotopic (exact) mass is 464 g/mol. The van der Waals surface area contributed by atoms with Gasteiger partial charge in [-0.25, -0.2) is 9.48 Å². The summed E-state index contributed by atoms with van der Waals surface area (Å²) in [6.45, 7) is 0.234. The van der Waals surface area contributed by atoms with Crippen LogP contribution in [0.15, 0.2) is 88.9 Å². The Morgan fingerprint density at radius 3 is 2.59 bits per heavy atom. The summed E-state index contributed by atoms with van der Waals surface area (Å²) in [6, 6.07) is 21.6. The fourth-order valence-electron chi connectivity index (χ4n) is 2.77. The molecular formula is C23H17BrN2O2S. The number of nitrogens with zero attached hydrogens (tertiary/aromatic N) is 2. The second kappa shape index (κ2) is 9.03. The first kappa shape index (κ1) is 19.4. The van der Waals surface area contributed by atoms with Gasteiger partial charge in [-0.3, -0.25) is 0 Å². The molecule has 0 unspecified atom stereocenters. The van der Waals surface area contributed by atoms with Gasteiger partial charge in [0.05, 0.1) is 10.6 Å². The Bertz CT molecular complexity index is 1120. The van der Waals surface area contributed by atoms with Crippen molar-refractivity contribution in [3.63, 3.8) is 0 Å². The lowest BCUT2D eigenvalue weighted by molar-refractivity contribution is -0.138. The summed E-state index contributed by atoms with van der Waals surface area (Å²) >= 11 is 5.00. The Hall–Kier alpha value is -2.96. The second-order valence-electron chi connectivity index (χ2n) is 6.26. The lowest BCUT2D eigenvalue weighted by Crippen LogP contribution is -2.00. The van der Waals surface area contributed by atoms with Crippen LogP contribution in [-0.4, -0.2) is 15.7 Å². The number of hydrogen-bond donors (Lipinski definition) is 0. The molecule has 29 heavy (non-hydrogen) atoms. The molecule has 0 bridgehead atoms. The molecule has 0 saturated carbocycles. The van der Waals surface area contributed by atoms with Crippen molar-refractivity contribution in [1.29, 1.82) is 0 Å². The number of benzene rings is 2. The summed E-state index contributed by atoms with van der Waals surface area (Å²) < 4.78 is 8.16. The van der Waals surface area contributed by atoms with Crippen molar-refractivity contribution in [1.82, 2.24) is 9.78 Å². The summed E-state index contributed by atoms with van der Waals surface area (Å²) in [7, 11) is 0. The molecule has 4 rings (SSSR count). The molecule has 2 aromatic heterocycles. The van der Waals surface area contributed by atoms with Crippen LogP contribution in [0.1, 0.15) is 11.1 Å². The topological polar surface area (TPSA) is 44.1 Å². The van der Waals surface area contributed by atoms with Crippen molar-refractivity contribution >= 4 is 39.3 Å². The number of halogens is 1. The maximum atomic E-state index is 12.2. The number of rotatable bonds is 6. The van der Waals surface area contributed by atoms with Crippen LogP contribution in [0.4, 0.5) is 0 Å². The van der Waals surface area contributed by atoms with Gasteiger partial charge >= 0.3 is 5.97 Å². The molecule has 0 amide bonds. The average molecular weight is 465 g/mol. The molecular weight excluding hydrogens is 448 g/mol. The molecule has 0 radical (unpaired) electrons. The maximum absolute atomic E-state index is 12.2. The number of ether oxygens (including phenoxy) is 1. The van der Waals surface area contributed by atoms with Gasteiger partial charge in [0.25, 0.3) is 0 Å². The van der Waals surface area contributed by atoms with Gasteiger partial charge in [0.1, 0.15) is 12.3 Å². The highest BCUT2D eigenvalue weighted by molar-refractivity contribution is 9.10. The summed E-state index contributed by atoms with van der Waals surface area (Å²) in [5.41, 5.74) is 3.59. The highest BCUT2D eigenvalue weighted by atomic mass is 79.9. The van der Waals surface area contributed by atoms with Crippen molar-refractivity contribution in [3.05, 3.63) is 100.0 Å². The molecule has 0 aliphatic rings. The third-order valence-corrected chi connectivity index (χ3v) is 5.62. The molecule has 2 aromatic carbocycles. The number of thiophene rings is 1. The lowest BCUT2D eigenvalue weighted by Gasteiger charge is -2.02. The second-order valence-corrected chi connectivity index (χ2v) is 8.12. The van der Waals surface area contributed by atoms with Crippen LogP contribution < -0.4 is 0 Å². The summed E-state index contributed by atoms with van der Waals surface area (Å²) in [5, 5.41) is 6.73. The predicted octanol–water partition coefficient (Wildman–Crippen LogP) is 6.12. The predicted molar refractivity (Wildman–Crippen MR) is 120 cm³/mol. The smallest absolute Gasteiger partial charge is 0.331 e. The van der Waals surface area contributed by atoms with E-state index in [1.165, 1.54) is 6.08 Å². The number of hydrogen-bond acceptors (Lipinski definition) is 4. The first-order valence-corrected chi connectivity index (χ1v) is 10.6. The lowest BCUT2D eigenvalue weighted by atomic mass is 10.2. The van der Waals surface area contributed by atoms with Gasteiger partial charge in [-0.05, 0) is 47.4 Å². The molecule has 0 atom stereocenters. The van der Waals surface area contributed by atoms with Crippen molar-refractivity contribution in [2.24, 2.45) is 0 Å². The molecule has 4 nitrogen and oxygen atoms in total. The van der Waals surface area contributed by atoms with Crippen molar-refractivity contribution in [3.8, 4) is 16.3 Å². The SMILES string of the molecule is O=C(C=Cc1cn(-c2ccccc2)nc1-c1cccs1)OCc1ccc(Br)cc1. The maximum Gasteiger partial charge on any atom is 0.331 e. The average Bonchev–Trinajstić information content (AvgIpc) is 3.42. The largest absolute Gasteiger partial charge is 0.458 e. The van der Waals surface area contributed by atoms with E-state index in [0.29, 0.717) is 0 Å². The quantitative estimate of drug-likeness (QED) is 0.255. The van der Waals surface area contributed by atoms with E-state index >= 15 is 0 Å². The van der Waals surface area contributed by atoms with Crippen molar-refractivity contribution in [2.45, 2.75) is 6.61 Å². The van der Waals surface area contributed by atoms with Crippen molar-refractivity contribution in [2.75, 3.05) is 0 Å². The molecule has 0 N–H and O–H groups in total. The Morgan fingerprint density at radius 2 is 1.86 bits per heavy atom. The molecule has 144 valence electrons. The Labute approximate surface area is 181 Å². The third-order valence-electron chi connectivity index (χ3n) is 4.21. The summed E-state index contributed by atoms with van der Waals surface area (Å²) in [6.07, 6.45) is 5.12. The fraction of sp³-hybridized carbons (Fsp3) is 0.0435. The van der Waals surface area contributed by atoms with Crippen LogP contribution >= 0.6 is 27.3 Å². The zero-order valence-electron chi connectivity index (χ0n) is 15.4. The first-order valence-electron chi connectivity index (χ1n) is 8.97. The molecule has 0 fully saturated rings. The van der Waals surface area contributed by atoms with E-state index in [4.69, 9.17) is 9.84 Å². The Kier molecular flexibility index (Phi) is 6.03. The molecule has 0 aliphatic heterocycles. The van der Waals surface area contributed by atoms with E-state index in [0.717, 1.165) is 31.9 Å². The Balaban J connectivity index is 1.53. The highest BCUT2D eigenvalue weighted by Gasteiger charge is 2.12. The molecule has 4 aromatic rings. The minimum absolute atomic E-state index is 0.234. The van der Waals surface area contributed by atoms with E-state index in [2.05, 4.69) is 15.9 Å². The van der Waals surface area contributed by atoms with Gasteiger partial charge in [0.15, 0.2) is 0 Å². The molecule has 6 heteroatoms. The standard InChI is InChI=1S/C23H17BrN2O2S/c24-19-11-8-17(9-12-19)16-28-22(27)13-10-18-15-26(20-5-2-1-3-6-20)25-23(18)21-7-4-14-29-21/h1-15H,16H2. The number of carbonyl (C=O) groups is 1. The number of esters is 1. The summed E-state index contributed by atoms with van der Waals surface area (Å²) in [5.74, 6) is -0.391. The van der Waals surface area contributed by atoms with Crippen LogP contribution in [0.3, 0.4) is 0 Å². The van der Waals surface area contributed by atoms with Crippen LogP contribution in [0.2, 0.25) is 0 Å². The fourth-order valence-corrected chi connectivity index (χ4v) is 3.76. The summed E-state index contributed by atoms with van der Waals surface area (Å²) in [4.78, 5) is 13.2. The molecule has 0 spiro atoms. The minimum Gasteiger partial charge on any atom is -0.458 e. The molecule has 0 aliphatic carbocycles. The number of carbonyl (C=O) groups excluding carboxylic acids is 1. The van der Waals surface area contributed by atoms with Gasteiger partial charge in [-0.1, -0.05) is 52.3 Å². The van der Waals surface area contributed by atoms with E-state index in [9.17, 15) is 4.79 Å². The zero-order chi connectivity index (χ0) is 20.1. The Morgan fingerprint density at radius 1 is 1.07 bits per heavy atom. The van der Waals surface area contributed by atoms with Gasteiger partial charge in [-0.15, -0.1) is 11.3 Å². The van der Waals surface area contributed by atoms with E-state index in [1.807, 2.05) is 83.0 Å². The van der Waals surface area contributed by atoms with Crippen LogP contribution in [-0.2, 0) is 16.1 Å². The van der Waals surface area contributed by atoms with E-state index in [-0.39, 0.29) is 6.61 Å². The zero-order valence-corrected chi connectivity index (χ0v) is 17.8. The van der Waals surface area contributed by atoms with Gasteiger partial charge in [0, 0.05) is 22.3 Å². The van der Waals surface area contributed by atoms with Crippen LogP contribution in [0, 0.1) is 0 Å².